The predicted molar refractivity (Wildman–Crippen MR) is 52.6 cm³/mol. The summed E-state index contributed by atoms with van der Waals surface area (Å²) >= 11 is 0. The molecule has 0 aliphatic heterocycles. The fourth-order valence-corrected chi connectivity index (χ4v) is 1.86. The topological polar surface area (TPSA) is 0 Å². The predicted octanol–water partition coefficient (Wildman–Crippen LogP) is 3.96. The van der Waals surface area contributed by atoms with Crippen LogP contribution in [0.2, 0.25) is 0 Å². The van der Waals surface area contributed by atoms with Gasteiger partial charge in [0.25, 0.3) is 0 Å². The zero-order valence-corrected chi connectivity index (χ0v) is 9.02. The van der Waals surface area contributed by atoms with Gasteiger partial charge in [-0.2, -0.15) is 0 Å². The van der Waals surface area contributed by atoms with Crippen molar-refractivity contribution in [2.75, 3.05) is 0 Å². The van der Waals surface area contributed by atoms with E-state index in [2.05, 4.69) is 41.5 Å². The van der Waals surface area contributed by atoms with Crippen molar-refractivity contribution < 1.29 is 0 Å². The molecule has 0 atom stereocenters. The molecule has 0 aromatic rings. The zero-order chi connectivity index (χ0) is 9.02. The molecule has 0 aliphatic rings. The monoisotopic (exact) mass is 156 g/mol. The highest BCUT2D eigenvalue weighted by atomic mass is 14.2. The first-order valence-electron chi connectivity index (χ1n) is 4.95. The molecule has 0 saturated heterocycles. The van der Waals surface area contributed by atoms with Crippen LogP contribution in [0.15, 0.2) is 0 Å². The molecule has 0 spiro atoms. The van der Waals surface area contributed by atoms with Gasteiger partial charge in [0.2, 0.25) is 0 Å². The average Bonchev–Trinajstić information content (AvgIpc) is 1.81. The molecular formula is C11H24. The highest BCUT2D eigenvalue weighted by Crippen LogP contribution is 2.27. The van der Waals surface area contributed by atoms with Gasteiger partial charge in [-0.25, -0.2) is 0 Å². The van der Waals surface area contributed by atoms with E-state index in [1.165, 1.54) is 6.42 Å². The quantitative estimate of drug-likeness (QED) is 0.578. The molecule has 0 heteroatoms. The Morgan fingerprint density at radius 1 is 0.727 bits per heavy atom. The highest BCUT2D eigenvalue weighted by Gasteiger charge is 2.17. The molecule has 11 heavy (non-hydrogen) atoms. The summed E-state index contributed by atoms with van der Waals surface area (Å²) in [5.41, 5.74) is 0. The van der Waals surface area contributed by atoms with Crippen LogP contribution >= 0.6 is 0 Å². The molecule has 68 valence electrons. The van der Waals surface area contributed by atoms with Crippen LogP contribution < -0.4 is 0 Å². The molecule has 0 amide bonds. The lowest BCUT2D eigenvalue weighted by Crippen LogP contribution is -2.17. The van der Waals surface area contributed by atoms with Gasteiger partial charge >= 0.3 is 0 Å². The third-order valence-electron chi connectivity index (χ3n) is 2.46. The summed E-state index contributed by atoms with van der Waals surface area (Å²) < 4.78 is 0. The summed E-state index contributed by atoms with van der Waals surface area (Å²) in [6.45, 7) is 14.0. The molecule has 0 bridgehead atoms. The lowest BCUT2D eigenvalue weighted by Gasteiger charge is -2.26. The second-order valence-corrected chi connectivity index (χ2v) is 4.78. The van der Waals surface area contributed by atoms with E-state index in [9.17, 15) is 0 Å². The van der Waals surface area contributed by atoms with Crippen molar-refractivity contribution in [2.45, 2.75) is 48.0 Å². The normalized spacial score (nSPS) is 12.5. The van der Waals surface area contributed by atoms with Crippen LogP contribution in [0, 0.1) is 23.7 Å². The van der Waals surface area contributed by atoms with E-state index in [0.29, 0.717) is 0 Å². The molecule has 0 fully saturated rings. The Morgan fingerprint density at radius 3 is 1.18 bits per heavy atom. The van der Waals surface area contributed by atoms with Gasteiger partial charge in [-0.05, 0) is 30.1 Å². The zero-order valence-electron chi connectivity index (χ0n) is 9.02. The average molecular weight is 156 g/mol. The van der Waals surface area contributed by atoms with E-state index in [-0.39, 0.29) is 0 Å². The van der Waals surface area contributed by atoms with Gasteiger partial charge in [0.05, 0.1) is 0 Å². The molecule has 0 aliphatic carbocycles. The van der Waals surface area contributed by atoms with Crippen LogP contribution in [0.3, 0.4) is 0 Å². The van der Waals surface area contributed by atoms with Crippen molar-refractivity contribution in [3.05, 3.63) is 0 Å². The first kappa shape index (κ1) is 11.0. The van der Waals surface area contributed by atoms with E-state index in [4.69, 9.17) is 0 Å². The van der Waals surface area contributed by atoms with Crippen LogP contribution in [0.1, 0.15) is 48.0 Å². The largest absolute Gasteiger partial charge is 0.0628 e. The number of hydrogen-bond acceptors (Lipinski definition) is 0. The van der Waals surface area contributed by atoms with E-state index in [0.717, 1.165) is 23.7 Å². The van der Waals surface area contributed by atoms with E-state index in [1.54, 1.807) is 0 Å². The van der Waals surface area contributed by atoms with Crippen LogP contribution in [0.5, 0.6) is 0 Å². The van der Waals surface area contributed by atoms with Crippen LogP contribution in [0.25, 0.3) is 0 Å². The molecule has 0 rings (SSSR count). The van der Waals surface area contributed by atoms with Crippen molar-refractivity contribution >= 4 is 0 Å². The number of hydrogen-bond donors (Lipinski definition) is 0. The Balaban J connectivity index is 3.90. The SMILES string of the molecule is CC(C)CC(C(C)C)C(C)C. The smallest absolute Gasteiger partial charge is 0.0366 e. The van der Waals surface area contributed by atoms with Crippen LogP contribution in [0.4, 0.5) is 0 Å². The second kappa shape index (κ2) is 4.79. The molecule has 0 radical (unpaired) electrons. The molecule has 0 aromatic carbocycles. The van der Waals surface area contributed by atoms with Crippen molar-refractivity contribution in [1.29, 1.82) is 0 Å². The summed E-state index contributed by atoms with van der Waals surface area (Å²) in [6, 6.07) is 0. The molecule has 0 saturated carbocycles. The summed E-state index contributed by atoms with van der Waals surface area (Å²) in [7, 11) is 0. The molecule has 0 heterocycles. The van der Waals surface area contributed by atoms with Crippen LogP contribution in [-0.2, 0) is 0 Å². The fraction of sp³-hybridized carbons (Fsp3) is 1.00. The van der Waals surface area contributed by atoms with Gasteiger partial charge < -0.3 is 0 Å². The number of rotatable bonds is 4. The van der Waals surface area contributed by atoms with Crippen molar-refractivity contribution in [2.24, 2.45) is 23.7 Å². The summed E-state index contributed by atoms with van der Waals surface area (Å²) in [5.74, 6) is 3.45. The minimum absolute atomic E-state index is 0.845. The lowest BCUT2D eigenvalue weighted by atomic mass is 9.80. The third kappa shape index (κ3) is 4.44. The van der Waals surface area contributed by atoms with Crippen molar-refractivity contribution in [3.63, 3.8) is 0 Å². The van der Waals surface area contributed by atoms with Gasteiger partial charge in [-0.15, -0.1) is 0 Å². The Labute approximate surface area is 72.4 Å². The first-order chi connectivity index (χ1) is 4.95. The highest BCUT2D eigenvalue weighted by molar-refractivity contribution is 4.67. The van der Waals surface area contributed by atoms with Gasteiger partial charge in [0, 0.05) is 0 Å². The Morgan fingerprint density at radius 2 is 1.09 bits per heavy atom. The molecule has 0 unspecified atom stereocenters. The maximum Gasteiger partial charge on any atom is -0.0366 e. The second-order valence-electron chi connectivity index (χ2n) is 4.78. The minimum Gasteiger partial charge on any atom is -0.0628 e. The standard InChI is InChI=1S/C11H24/c1-8(2)7-11(9(3)4)10(5)6/h8-11H,7H2,1-6H3. The Bertz CT molecular complexity index is 82.2. The molecular weight excluding hydrogens is 132 g/mol. The van der Waals surface area contributed by atoms with Gasteiger partial charge in [-0.3, -0.25) is 0 Å². The van der Waals surface area contributed by atoms with E-state index >= 15 is 0 Å². The Hall–Kier alpha value is 0. The lowest BCUT2D eigenvalue weighted by molar-refractivity contribution is 0.241. The summed E-state index contributed by atoms with van der Waals surface area (Å²) in [5, 5.41) is 0. The van der Waals surface area contributed by atoms with Crippen molar-refractivity contribution in [1.82, 2.24) is 0 Å². The fourth-order valence-electron chi connectivity index (χ4n) is 1.86. The summed E-state index contributed by atoms with van der Waals surface area (Å²) in [6.07, 6.45) is 1.38. The molecule has 0 nitrogen and oxygen atoms in total. The minimum atomic E-state index is 0.845. The van der Waals surface area contributed by atoms with E-state index in [1.807, 2.05) is 0 Å². The van der Waals surface area contributed by atoms with E-state index < -0.39 is 0 Å². The van der Waals surface area contributed by atoms with Crippen molar-refractivity contribution in [3.8, 4) is 0 Å². The maximum atomic E-state index is 2.34. The third-order valence-corrected chi connectivity index (χ3v) is 2.46. The van der Waals surface area contributed by atoms with Gasteiger partial charge in [0.15, 0.2) is 0 Å². The van der Waals surface area contributed by atoms with Gasteiger partial charge in [0.1, 0.15) is 0 Å². The Kier molecular flexibility index (Phi) is 4.79. The summed E-state index contributed by atoms with van der Waals surface area (Å²) in [4.78, 5) is 0. The van der Waals surface area contributed by atoms with Crippen LogP contribution in [-0.4, -0.2) is 0 Å². The first-order valence-corrected chi connectivity index (χ1v) is 4.95. The van der Waals surface area contributed by atoms with Gasteiger partial charge in [-0.1, -0.05) is 41.5 Å². The molecule has 0 aromatic heterocycles. The molecule has 0 N–H and O–H groups in total. The maximum absolute atomic E-state index is 2.34.